The zero-order valence-electron chi connectivity index (χ0n) is 14.2. The largest absolute Gasteiger partial charge is 0.355 e. The monoisotopic (exact) mass is 405 g/mol. The maximum Gasteiger partial charge on any atom is 0.331 e. The lowest BCUT2D eigenvalue weighted by atomic mass is 10.4. The lowest BCUT2D eigenvalue weighted by molar-refractivity contribution is -0.380. The Kier molecular flexibility index (Phi) is 5.89. The number of hydrogen-bond acceptors (Lipinski definition) is 7. The second kappa shape index (κ2) is 8.33. The molecular formula is C17H15N3O5S2. The molecule has 1 aromatic carbocycles. The Morgan fingerprint density at radius 2 is 1.96 bits per heavy atom. The van der Waals surface area contributed by atoms with Crippen molar-refractivity contribution < 1.29 is 9.66 Å². The van der Waals surface area contributed by atoms with Crippen LogP contribution in [0.4, 0.5) is 5.00 Å². The van der Waals surface area contributed by atoms with Crippen LogP contribution in [-0.2, 0) is 18.1 Å². The van der Waals surface area contributed by atoms with Gasteiger partial charge in [-0.15, -0.1) is 0 Å². The summed E-state index contributed by atoms with van der Waals surface area (Å²) >= 11 is 2.32. The molecule has 2 aromatic heterocycles. The Morgan fingerprint density at radius 3 is 2.63 bits per heavy atom. The molecule has 3 rings (SSSR count). The van der Waals surface area contributed by atoms with E-state index in [9.17, 15) is 19.7 Å². The molecule has 0 atom stereocenters. The van der Waals surface area contributed by atoms with Gasteiger partial charge in [-0.2, -0.15) is 0 Å². The number of ether oxygens (including phenoxy) is 1. The van der Waals surface area contributed by atoms with Crippen molar-refractivity contribution in [2.24, 2.45) is 0 Å². The van der Waals surface area contributed by atoms with Gasteiger partial charge in [0.1, 0.15) is 6.73 Å². The molecule has 8 nitrogen and oxygen atoms in total. The zero-order valence-corrected chi connectivity index (χ0v) is 15.8. The van der Waals surface area contributed by atoms with E-state index < -0.39 is 16.2 Å². The predicted octanol–water partition coefficient (Wildman–Crippen LogP) is 3.14. The number of thiophene rings is 1. The van der Waals surface area contributed by atoms with Crippen molar-refractivity contribution in [3.8, 4) is 0 Å². The maximum absolute atomic E-state index is 12.3. The molecule has 1 N–H and O–H groups in total. The number of benzene rings is 1. The van der Waals surface area contributed by atoms with Crippen LogP contribution >= 0.6 is 23.1 Å². The van der Waals surface area contributed by atoms with Gasteiger partial charge in [0.05, 0.1) is 16.6 Å². The van der Waals surface area contributed by atoms with Crippen LogP contribution in [0.2, 0.25) is 0 Å². The molecule has 0 bridgehead atoms. The Balaban J connectivity index is 1.81. The lowest BCUT2D eigenvalue weighted by Crippen LogP contribution is -2.33. The van der Waals surface area contributed by atoms with Crippen molar-refractivity contribution in [1.29, 1.82) is 0 Å². The van der Waals surface area contributed by atoms with Crippen molar-refractivity contribution in [2.75, 3.05) is 0 Å². The number of rotatable bonds is 7. The Labute approximate surface area is 161 Å². The number of nitro groups is 1. The molecule has 27 heavy (non-hydrogen) atoms. The molecule has 0 saturated heterocycles. The van der Waals surface area contributed by atoms with E-state index in [0.29, 0.717) is 15.5 Å². The number of aromatic nitrogens is 2. The van der Waals surface area contributed by atoms with E-state index in [4.69, 9.17) is 4.74 Å². The summed E-state index contributed by atoms with van der Waals surface area (Å²) in [6.45, 7) is 1.68. The van der Waals surface area contributed by atoms with Gasteiger partial charge in [-0.1, -0.05) is 41.3 Å². The number of hydrogen-bond donors (Lipinski definition) is 1. The second-order valence-corrected chi connectivity index (χ2v) is 7.72. The molecule has 0 unspecified atom stereocenters. The minimum absolute atomic E-state index is 0.0333. The standard InChI is InChI=1S/C17H15N3O5S2/c1-11-15(21)18-17(22)19(16(11)27-12-5-3-2-4-6-12)10-25-9-13-7-8-14(26-13)20(23)24/h2-8H,9-10H2,1H3,(H,18,21,22). The minimum Gasteiger partial charge on any atom is -0.355 e. The summed E-state index contributed by atoms with van der Waals surface area (Å²) in [5.41, 5.74) is -0.594. The van der Waals surface area contributed by atoms with E-state index in [1.165, 1.54) is 22.4 Å². The molecule has 2 heterocycles. The smallest absolute Gasteiger partial charge is 0.331 e. The van der Waals surface area contributed by atoms with Crippen LogP contribution in [-0.4, -0.2) is 14.5 Å². The second-order valence-electron chi connectivity index (χ2n) is 5.51. The quantitative estimate of drug-likeness (QED) is 0.368. The van der Waals surface area contributed by atoms with Gasteiger partial charge in [0, 0.05) is 21.4 Å². The fourth-order valence-electron chi connectivity index (χ4n) is 2.28. The summed E-state index contributed by atoms with van der Waals surface area (Å²) < 4.78 is 6.91. The zero-order chi connectivity index (χ0) is 19.4. The first-order valence-electron chi connectivity index (χ1n) is 7.83. The van der Waals surface area contributed by atoms with Crippen molar-refractivity contribution in [3.05, 3.63) is 83.9 Å². The van der Waals surface area contributed by atoms with Gasteiger partial charge < -0.3 is 4.74 Å². The Hall–Kier alpha value is -2.69. The van der Waals surface area contributed by atoms with Crippen LogP contribution in [0.15, 0.2) is 62.0 Å². The van der Waals surface area contributed by atoms with E-state index in [2.05, 4.69) is 4.98 Å². The van der Waals surface area contributed by atoms with Crippen LogP contribution in [0.3, 0.4) is 0 Å². The summed E-state index contributed by atoms with van der Waals surface area (Å²) in [5, 5.41) is 11.3. The molecule has 10 heteroatoms. The molecule has 0 radical (unpaired) electrons. The Bertz CT molecular complexity index is 1070. The predicted molar refractivity (Wildman–Crippen MR) is 102 cm³/mol. The summed E-state index contributed by atoms with van der Waals surface area (Å²) in [6, 6.07) is 12.4. The van der Waals surface area contributed by atoms with E-state index in [-0.39, 0.29) is 18.3 Å². The van der Waals surface area contributed by atoms with E-state index in [1.807, 2.05) is 30.3 Å². The normalized spacial score (nSPS) is 10.9. The van der Waals surface area contributed by atoms with E-state index in [0.717, 1.165) is 16.2 Å². The average molecular weight is 405 g/mol. The highest BCUT2D eigenvalue weighted by Gasteiger charge is 2.14. The molecular weight excluding hydrogens is 390 g/mol. The topological polar surface area (TPSA) is 107 Å². The first-order chi connectivity index (χ1) is 13.0. The van der Waals surface area contributed by atoms with Gasteiger partial charge in [0.2, 0.25) is 0 Å². The van der Waals surface area contributed by atoms with Crippen LogP contribution in [0, 0.1) is 17.0 Å². The number of H-pyrrole nitrogens is 1. The molecule has 0 aliphatic heterocycles. The molecule has 0 fully saturated rings. The number of aromatic amines is 1. The molecule has 3 aromatic rings. The van der Waals surface area contributed by atoms with Crippen LogP contribution < -0.4 is 11.2 Å². The molecule has 0 aliphatic rings. The van der Waals surface area contributed by atoms with Gasteiger partial charge in [-0.05, 0) is 25.1 Å². The van der Waals surface area contributed by atoms with Crippen molar-refractivity contribution >= 4 is 28.1 Å². The van der Waals surface area contributed by atoms with Gasteiger partial charge >= 0.3 is 10.7 Å². The third kappa shape index (κ3) is 4.54. The van der Waals surface area contributed by atoms with Crippen LogP contribution in [0.1, 0.15) is 10.4 Å². The molecule has 140 valence electrons. The number of nitrogens with zero attached hydrogens (tertiary/aromatic N) is 2. The van der Waals surface area contributed by atoms with Gasteiger partial charge in [0.15, 0.2) is 0 Å². The molecule has 0 spiro atoms. The molecule has 0 amide bonds. The summed E-state index contributed by atoms with van der Waals surface area (Å²) in [7, 11) is 0. The first-order valence-corrected chi connectivity index (χ1v) is 9.46. The first kappa shape index (κ1) is 19.1. The highest BCUT2D eigenvalue weighted by Crippen LogP contribution is 2.28. The third-order valence-electron chi connectivity index (χ3n) is 3.62. The highest BCUT2D eigenvalue weighted by atomic mass is 32.2. The van der Waals surface area contributed by atoms with Crippen molar-refractivity contribution in [2.45, 2.75) is 30.2 Å². The highest BCUT2D eigenvalue weighted by molar-refractivity contribution is 7.99. The fraction of sp³-hybridized carbons (Fsp3) is 0.176. The van der Waals surface area contributed by atoms with Crippen molar-refractivity contribution in [3.63, 3.8) is 0 Å². The maximum atomic E-state index is 12.3. The van der Waals surface area contributed by atoms with Crippen molar-refractivity contribution in [1.82, 2.24) is 9.55 Å². The van der Waals surface area contributed by atoms with E-state index in [1.54, 1.807) is 13.0 Å². The van der Waals surface area contributed by atoms with Crippen LogP contribution in [0.25, 0.3) is 0 Å². The summed E-state index contributed by atoms with van der Waals surface area (Å²) in [6.07, 6.45) is 0. The van der Waals surface area contributed by atoms with Gasteiger partial charge in [-0.3, -0.25) is 24.5 Å². The van der Waals surface area contributed by atoms with E-state index >= 15 is 0 Å². The lowest BCUT2D eigenvalue weighted by Gasteiger charge is -2.14. The molecule has 0 aliphatic carbocycles. The minimum atomic E-state index is -0.568. The summed E-state index contributed by atoms with van der Waals surface area (Å²) in [4.78, 5) is 38.4. The van der Waals surface area contributed by atoms with Gasteiger partial charge in [0.25, 0.3) is 5.56 Å². The SMILES string of the molecule is Cc1c(Sc2ccccc2)n(COCc2ccc([N+](=O)[O-])s2)c(=O)[nH]c1=O. The molecule has 0 saturated carbocycles. The average Bonchev–Trinajstić information content (AvgIpc) is 3.12. The van der Waals surface area contributed by atoms with Gasteiger partial charge in [-0.25, -0.2) is 4.79 Å². The summed E-state index contributed by atoms with van der Waals surface area (Å²) in [5.74, 6) is 0. The fourth-order valence-corrected chi connectivity index (χ4v) is 4.04. The Morgan fingerprint density at radius 1 is 1.22 bits per heavy atom. The number of nitrogens with one attached hydrogen (secondary N) is 1. The third-order valence-corrected chi connectivity index (χ3v) is 5.86. The van der Waals surface area contributed by atoms with Crippen LogP contribution in [0.5, 0.6) is 0 Å².